The monoisotopic (exact) mass is 348 g/mol. The summed E-state index contributed by atoms with van der Waals surface area (Å²) >= 11 is 0. The number of para-hydroxylation sites is 1. The number of carbonyl (C=O) groups is 1. The number of ether oxygens (including phenoxy) is 1. The molecule has 0 radical (unpaired) electrons. The molecular formula is C18H21O5P. The lowest BCUT2D eigenvalue weighted by Gasteiger charge is -2.19. The third kappa shape index (κ3) is 5.03. The minimum Gasteiger partial charge on any atom is -0.426 e. The fraction of sp³-hybridized carbons (Fsp3) is 0.278. The minimum absolute atomic E-state index is 0.0276. The van der Waals surface area contributed by atoms with Crippen LogP contribution >= 0.6 is 7.60 Å². The van der Waals surface area contributed by atoms with Gasteiger partial charge in [-0.2, -0.15) is 0 Å². The predicted molar refractivity (Wildman–Crippen MR) is 92.3 cm³/mol. The average molecular weight is 348 g/mol. The van der Waals surface area contributed by atoms with Gasteiger partial charge < -0.3 is 14.5 Å². The third-order valence-electron chi connectivity index (χ3n) is 3.86. The van der Waals surface area contributed by atoms with E-state index >= 15 is 0 Å². The van der Waals surface area contributed by atoms with Crippen molar-refractivity contribution in [3.8, 4) is 5.75 Å². The summed E-state index contributed by atoms with van der Waals surface area (Å²) in [5, 5.41) is 0. The van der Waals surface area contributed by atoms with Crippen LogP contribution in [0.3, 0.4) is 0 Å². The van der Waals surface area contributed by atoms with Crippen LogP contribution in [0.1, 0.15) is 29.0 Å². The van der Waals surface area contributed by atoms with E-state index in [1.165, 1.54) is 0 Å². The maximum absolute atomic E-state index is 12.7. The van der Waals surface area contributed by atoms with Crippen molar-refractivity contribution in [2.24, 2.45) is 0 Å². The van der Waals surface area contributed by atoms with Crippen LogP contribution in [0.5, 0.6) is 5.75 Å². The molecule has 0 saturated heterocycles. The van der Waals surface area contributed by atoms with Gasteiger partial charge in [-0.25, -0.2) is 0 Å². The number of rotatable bonds is 6. The van der Waals surface area contributed by atoms with E-state index in [1.807, 2.05) is 38.1 Å². The Kier molecular flexibility index (Phi) is 5.94. The summed E-state index contributed by atoms with van der Waals surface area (Å²) in [5.74, 6) is -0.775. The van der Waals surface area contributed by atoms with Crippen molar-refractivity contribution in [3.63, 3.8) is 0 Å². The highest BCUT2D eigenvalue weighted by atomic mass is 31.2. The summed E-state index contributed by atoms with van der Waals surface area (Å²) in [5.41, 5.74) is 2.43. The van der Waals surface area contributed by atoms with E-state index in [0.29, 0.717) is 5.75 Å². The first-order valence-corrected chi connectivity index (χ1v) is 9.45. The molecular weight excluding hydrogens is 327 g/mol. The van der Waals surface area contributed by atoms with Crippen molar-refractivity contribution in [1.29, 1.82) is 0 Å². The fourth-order valence-corrected chi connectivity index (χ4v) is 3.12. The smallest absolute Gasteiger partial charge is 0.325 e. The number of hydrogen-bond donors (Lipinski definition) is 2. The minimum atomic E-state index is -4.19. The van der Waals surface area contributed by atoms with Gasteiger partial charge in [0.05, 0.1) is 12.1 Å². The van der Waals surface area contributed by atoms with Gasteiger partial charge in [0.25, 0.3) is 0 Å². The Morgan fingerprint density at radius 3 is 2.21 bits per heavy atom. The highest BCUT2D eigenvalue weighted by Crippen LogP contribution is 2.38. The molecule has 2 aromatic rings. The van der Waals surface area contributed by atoms with Crippen LogP contribution < -0.4 is 4.74 Å². The molecule has 1 atom stereocenters. The Labute approximate surface area is 141 Å². The molecule has 0 aromatic heterocycles. The molecule has 0 aliphatic carbocycles. The number of carbonyl (C=O) groups excluding carboxylic acids is 1. The van der Waals surface area contributed by atoms with Gasteiger partial charge in [0.2, 0.25) is 0 Å². The Morgan fingerprint density at radius 1 is 1.04 bits per heavy atom. The van der Waals surface area contributed by atoms with Crippen molar-refractivity contribution in [1.82, 2.24) is 0 Å². The molecule has 2 rings (SSSR count). The predicted octanol–water partition coefficient (Wildman–Crippen LogP) is 3.56. The van der Waals surface area contributed by atoms with Gasteiger partial charge in [0, 0.05) is 0 Å². The van der Waals surface area contributed by atoms with E-state index in [2.05, 4.69) is 0 Å². The highest BCUT2D eigenvalue weighted by Gasteiger charge is 2.27. The molecule has 0 aliphatic heterocycles. The Hall–Kier alpha value is -1.94. The average Bonchev–Trinajstić information content (AvgIpc) is 2.50. The fourth-order valence-electron chi connectivity index (χ4n) is 2.53. The van der Waals surface area contributed by atoms with Gasteiger partial charge in [0.1, 0.15) is 5.75 Å². The van der Waals surface area contributed by atoms with Crippen molar-refractivity contribution in [3.05, 3.63) is 65.2 Å². The lowest BCUT2D eigenvalue weighted by molar-refractivity contribution is -0.136. The summed E-state index contributed by atoms with van der Waals surface area (Å²) in [7, 11) is -4.19. The molecule has 0 amide bonds. The zero-order valence-electron chi connectivity index (χ0n) is 13.7. The number of benzene rings is 2. The molecule has 2 N–H and O–H groups in total. The van der Waals surface area contributed by atoms with Crippen LogP contribution in [-0.4, -0.2) is 21.9 Å². The molecule has 0 spiro atoms. The molecule has 0 fully saturated rings. The second-order valence-corrected chi connectivity index (χ2v) is 7.55. The topological polar surface area (TPSA) is 83.8 Å². The number of esters is 1. The van der Waals surface area contributed by atoms with Crippen LogP contribution in [0.4, 0.5) is 0 Å². The Morgan fingerprint density at radius 2 is 1.62 bits per heavy atom. The quantitative estimate of drug-likeness (QED) is 0.474. The van der Waals surface area contributed by atoms with Gasteiger partial charge in [0.15, 0.2) is 0 Å². The molecule has 2 aromatic carbocycles. The molecule has 0 heterocycles. The molecule has 0 saturated carbocycles. The standard InChI is InChI=1S/C18H21O5P/c1-13-7-3-5-9-15(13)16(11-12-24(20,21)22)18(19)23-17-10-6-4-8-14(17)2/h3-10,16H,11-12H2,1-2H3,(H2,20,21,22). The van der Waals surface area contributed by atoms with E-state index in [4.69, 9.17) is 14.5 Å². The first kappa shape index (κ1) is 18.4. The van der Waals surface area contributed by atoms with E-state index in [1.54, 1.807) is 24.3 Å². The summed E-state index contributed by atoms with van der Waals surface area (Å²) in [6.45, 7) is 3.70. The van der Waals surface area contributed by atoms with Crippen LogP contribution in [0.15, 0.2) is 48.5 Å². The molecule has 128 valence electrons. The van der Waals surface area contributed by atoms with Gasteiger partial charge in [-0.1, -0.05) is 42.5 Å². The second kappa shape index (κ2) is 7.75. The summed E-state index contributed by atoms with van der Waals surface area (Å²) < 4.78 is 16.7. The molecule has 6 heteroatoms. The maximum atomic E-state index is 12.7. The van der Waals surface area contributed by atoms with Gasteiger partial charge >= 0.3 is 13.6 Å². The van der Waals surface area contributed by atoms with Gasteiger partial charge in [-0.15, -0.1) is 0 Å². The van der Waals surface area contributed by atoms with E-state index in [-0.39, 0.29) is 12.6 Å². The van der Waals surface area contributed by atoms with E-state index in [9.17, 15) is 9.36 Å². The third-order valence-corrected chi connectivity index (χ3v) is 4.70. The van der Waals surface area contributed by atoms with Crippen LogP contribution in [0.25, 0.3) is 0 Å². The normalized spacial score (nSPS) is 12.7. The molecule has 0 aliphatic rings. The Bertz CT molecular complexity index is 766. The summed E-state index contributed by atoms with van der Waals surface area (Å²) in [6, 6.07) is 14.5. The van der Waals surface area contributed by atoms with E-state index < -0.39 is 19.5 Å². The molecule has 24 heavy (non-hydrogen) atoms. The molecule has 5 nitrogen and oxygen atoms in total. The zero-order valence-corrected chi connectivity index (χ0v) is 14.6. The Balaban J connectivity index is 2.28. The molecule has 1 unspecified atom stereocenters. The SMILES string of the molecule is Cc1ccccc1OC(=O)C(CCP(=O)(O)O)c1ccccc1C. The zero-order chi connectivity index (χ0) is 17.7. The summed E-state index contributed by atoms with van der Waals surface area (Å²) in [6.07, 6.45) is -0.339. The maximum Gasteiger partial charge on any atom is 0.325 e. The number of hydrogen-bond acceptors (Lipinski definition) is 3. The van der Waals surface area contributed by atoms with Gasteiger partial charge in [-0.05, 0) is 43.0 Å². The number of aryl methyl sites for hydroxylation is 2. The van der Waals surface area contributed by atoms with Gasteiger partial charge in [-0.3, -0.25) is 9.36 Å². The summed E-state index contributed by atoms with van der Waals surface area (Å²) in [4.78, 5) is 31.0. The van der Waals surface area contributed by atoms with E-state index in [0.717, 1.165) is 16.7 Å². The molecule has 0 bridgehead atoms. The van der Waals surface area contributed by atoms with Crippen molar-refractivity contribution in [2.75, 3.05) is 6.16 Å². The first-order chi connectivity index (χ1) is 11.3. The highest BCUT2D eigenvalue weighted by molar-refractivity contribution is 7.51. The lowest BCUT2D eigenvalue weighted by Crippen LogP contribution is -2.21. The largest absolute Gasteiger partial charge is 0.426 e. The van der Waals surface area contributed by atoms with Crippen LogP contribution in [-0.2, 0) is 9.36 Å². The lowest BCUT2D eigenvalue weighted by atomic mass is 9.92. The first-order valence-electron chi connectivity index (χ1n) is 7.65. The van der Waals surface area contributed by atoms with Crippen LogP contribution in [0.2, 0.25) is 0 Å². The van der Waals surface area contributed by atoms with Crippen molar-refractivity contribution in [2.45, 2.75) is 26.2 Å². The second-order valence-electron chi connectivity index (χ2n) is 5.77. The van der Waals surface area contributed by atoms with Crippen molar-refractivity contribution < 1.29 is 23.9 Å². The van der Waals surface area contributed by atoms with Crippen LogP contribution in [0, 0.1) is 13.8 Å². The van der Waals surface area contributed by atoms with Crippen molar-refractivity contribution >= 4 is 13.6 Å².